The molecule has 142 valence electrons. The van der Waals surface area contributed by atoms with Gasteiger partial charge in [0.25, 0.3) is 5.91 Å². The fraction of sp³-hybridized carbons (Fsp3) is 0.476. The van der Waals surface area contributed by atoms with E-state index in [2.05, 4.69) is 9.97 Å². The number of aromatic nitrogens is 2. The zero-order valence-corrected chi connectivity index (χ0v) is 15.8. The van der Waals surface area contributed by atoms with Crippen molar-refractivity contribution >= 4 is 11.8 Å². The maximum absolute atomic E-state index is 12.9. The molecule has 2 aromatic rings. The van der Waals surface area contributed by atoms with Crippen LogP contribution in [0.15, 0.2) is 36.8 Å². The van der Waals surface area contributed by atoms with Crippen molar-refractivity contribution in [1.29, 1.82) is 0 Å². The summed E-state index contributed by atoms with van der Waals surface area (Å²) in [5.41, 5.74) is 2.83. The summed E-state index contributed by atoms with van der Waals surface area (Å²) in [6, 6.07) is 5.82. The van der Waals surface area contributed by atoms with Crippen molar-refractivity contribution in [2.24, 2.45) is 5.41 Å². The van der Waals surface area contributed by atoms with Crippen LogP contribution in [0.4, 0.5) is 0 Å². The number of pyridine rings is 1. The van der Waals surface area contributed by atoms with Gasteiger partial charge in [0, 0.05) is 56.6 Å². The van der Waals surface area contributed by atoms with Gasteiger partial charge in [-0.3, -0.25) is 14.6 Å². The molecule has 2 fully saturated rings. The van der Waals surface area contributed by atoms with E-state index in [9.17, 15) is 9.59 Å². The summed E-state index contributed by atoms with van der Waals surface area (Å²) < 4.78 is 0. The van der Waals surface area contributed by atoms with Gasteiger partial charge in [-0.25, -0.2) is 0 Å². The first-order valence-electron chi connectivity index (χ1n) is 9.66. The van der Waals surface area contributed by atoms with Crippen LogP contribution in [0.3, 0.4) is 0 Å². The van der Waals surface area contributed by atoms with Gasteiger partial charge in [0.1, 0.15) is 5.69 Å². The van der Waals surface area contributed by atoms with Crippen LogP contribution in [0.2, 0.25) is 0 Å². The highest BCUT2D eigenvalue weighted by molar-refractivity contribution is 5.92. The fourth-order valence-corrected chi connectivity index (χ4v) is 4.47. The first-order valence-corrected chi connectivity index (χ1v) is 9.66. The number of H-pyrrole nitrogens is 1. The third kappa shape index (κ3) is 3.75. The molecular weight excluding hydrogens is 340 g/mol. The molecule has 1 spiro atoms. The second-order valence-corrected chi connectivity index (χ2v) is 8.03. The Labute approximate surface area is 159 Å². The van der Waals surface area contributed by atoms with Crippen molar-refractivity contribution in [3.63, 3.8) is 0 Å². The summed E-state index contributed by atoms with van der Waals surface area (Å²) >= 11 is 0. The summed E-state index contributed by atoms with van der Waals surface area (Å²) in [7, 11) is 0. The van der Waals surface area contributed by atoms with Gasteiger partial charge in [-0.15, -0.1) is 0 Å². The molecule has 2 aliphatic heterocycles. The molecule has 0 saturated carbocycles. The number of carbonyl (C=O) groups excluding carboxylic acids is 2. The predicted octanol–water partition coefficient (Wildman–Crippen LogP) is 2.76. The van der Waals surface area contributed by atoms with Crippen LogP contribution in [0.1, 0.15) is 47.3 Å². The molecule has 0 unspecified atom stereocenters. The SMILES string of the molecule is Cc1c[nH]c(C(=O)N2CCC[C@]3(CCC(=O)N(Cc4ccncc4)C3)C2)c1. The maximum atomic E-state index is 12.9. The molecule has 4 rings (SSSR count). The minimum Gasteiger partial charge on any atom is -0.357 e. The summed E-state index contributed by atoms with van der Waals surface area (Å²) in [5.74, 6) is 0.278. The van der Waals surface area contributed by atoms with Crippen LogP contribution in [0, 0.1) is 12.3 Å². The highest BCUT2D eigenvalue weighted by Crippen LogP contribution is 2.39. The third-order valence-electron chi connectivity index (χ3n) is 5.88. The molecule has 1 atom stereocenters. The van der Waals surface area contributed by atoms with Crippen molar-refractivity contribution < 1.29 is 9.59 Å². The lowest BCUT2D eigenvalue weighted by Crippen LogP contribution is -2.54. The Morgan fingerprint density at radius 2 is 2.07 bits per heavy atom. The summed E-state index contributed by atoms with van der Waals surface area (Å²) in [6.45, 7) is 4.84. The van der Waals surface area contributed by atoms with Gasteiger partial charge in [-0.05, 0) is 55.5 Å². The van der Waals surface area contributed by atoms with Crippen molar-refractivity contribution in [2.75, 3.05) is 19.6 Å². The van der Waals surface area contributed by atoms with Gasteiger partial charge in [0.05, 0.1) is 0 Å². The van der Waals surface area contributed by atoms with Gasteiger partial charge >= 0.3 is 0 Å². The lowest BCUT2D eigenvalue weighted by Gasteiger charge is -2.48. The standard InChI is InChI=1S/C21H26N4O2/c1-16-11-18(23-12-16)20(27)24-10-2-6-21(14-24)7-3-19(26)25(15-21)13-17-4-8-22-9-5-17/h4-5,8-9,11-12,23H,2-3,6-7,10,13-15H2,1H3/t21-/m0/s1. The first-order chi connectivity index (χ1) is 13.0. The zero-order chi connectivity index (χ0) is 18.9. The van der Waals surface area contributed by atoms with Crippen LogP contribution in [0.25, 0.3) is 0 Å². The zero-order valence-electron chi connectivity index (χ0n) is 15.8. The van der Waals surface area contributed by atoms with E-state index in [0.717, 1.165) is 50.0 Å². The Morgan fingerprint density at radius 1 is 1.26 bits per heavy atom. The van der Waals surface area contributed by atoms with Crippen molar-refractivity contribution in [1.82, 2.24) is 19.8 Å². The Balaban J connectivity index is 1.48. The molecule has 0 bridgehead atoms. The monoisotopic (exact) mass is 366 g/mol. The number of aromatic amines is 1. The summed E-state index contributed by atoms with van der Waals surface area (Å²) in [4.78, 5) is 36.4. The lowest BCUT2D eigenvalue weighted by atomic mass is 9.73. The van der Waals surface area contributed by atoms with Gasteiger partial charge < -0.3 is 14.8 Å². The molecule has 2 amide bonds. The van der Waals surface area contributed by atoms with Crippen molar-refractivity contribution in [3.05, 3.63) is 53.6 Å². The molecule has 6 heteroatoms. The number of amides is 2. The molecule has 0 aliphatic carbocycles. The molecule has 6 nitrogen and oxygen atoms in total. The van der Waals surface area contributed by atoms with E-state index in [-0.39, 0.29) is 17.2 Å². The Kier molecular flexibility index (Phi) is 4.72. The molecule has 1 N–H and O–H groups in total. The van der Waals surface area contributed by atoms with E-state index in [1.54, 1.807) is 12.4 Å². The Morgan fingerprint density at radius 3 is 2.81 bits per heavy atom. The number of carbonyl (C=O) groups is 2. The minimum atomic E-state index is 0.0104. The van der Waals surface area contributed by atoms with Gasteiger partial charge in [0.15, 0.2) is 0 Å². The maximum Gasteiger partial charge on any atom is 0.270 e. The smallest absolute Gasteiger partial charge is 0.270 e. The Bertz CT molecular complexity index is 832. The second kappa shape index (κ2) is 7.18. The van der Waals surface area contributed by atoms with Crippen LogP contribution < -0.4 is 0 Å². The molecule has 0 aromatic carbocycles. The largest absolute Gasteiger partial charge is 0.357 e. The topological polar surface area (TPSA) is 69.3 Å². The van der Waals surface area contributed by atoms with Gasteiger partial charge in [0.2, 0.25) is 5.91 Å². The Hall–Kier alpha value is -2.63. The predicted molar refractivity (Wildman–Crippen MR) is 102 cm³/mol. The minimum absolute atomic E-state index is 0.0104. The molecule has 4 heterocycles. The summed E-state index contributed by atoms with van der Waals surface area (Å²) in [5, 5.41) is 0. The molecule has 0 radical (unpaired) electrons. The lowest BCUT2D eigenvalue weighted by molar-refractivity contribution is -0.139. The number of rotatable bonds is 3. The number of nitrogens with zero attached hydrogens (tertiary/aromatic N) is 3. The van der Waals surface area contributed by atoms with Gasteiger partial charge in [-0.1, -0.05) is 0 Å². The fourth-order valence-electron chi connectivity index (χ4n) is 4.47. The number of hydrogen-bond donors (Lipinski definition) is 1. The van der Waals surface area contributed by atoms with E-state index in [4.69, 9.17) is 0 Å². The van der Waals surface area contributed by atoms with Crippen molar-refractivity contribution in [3.8, 4) is 0 Å². The number of nitrogens with one attached hydrogen (secondary N) is 1. The molecule has 2 aliphatic rings. The van der Waals surface area contributed by atoms with Crippen LogP contribution in [0.5, 0.6) is 0 Å². The number of piperidine rings is 2. The van der Waals surface area contributed by atoms with Gasteiger partial charge in [-0.2, -0.15) is 0 Å². The highest BCUT2D eigenvalue weighted by atomic mass is 16.2. The third-order valence-corrected chi connectivity index (χ3v) is 5.88. The van der Waals surface area contributed by atoms with E-state index in [1.165, 1.54) is 0 Å². The van der Waals surface area contributed by atoms with Crippen LogP contribution in [-0.4, -0.2) is 51.2 Å². The number of hydrogen-bond acceptors (Lipinski definition) is 3. The number of aryl methyl sites for hydroxylation is 1. The molecule has 2 saturated heterocycles. The molecular formula is C21H26N4O2. The molecule has 27 heavy (non-hydrogen) atoms. The highest BCUT2D eigenvalue weighted by Gasteiger charge is 2.42. The quantitative estimate of drug-likeness (QED) is 0.908. The summed E-state index contributed by atoms with van der Waals surface area (Å²) in [6.07, 6.45) is 8.88. The van der Waals surface area contributed by atoms with E-state index in [0.29, 0.717) is 18.7 Å². The van der Waals surface area contributed by atoms with E-state index >= 15 is 0 Å². The average molecular weight is 366 g/mol. The van der Waals surface area contributed by atoms with Crippen LogP contribution >= 0.6 is 0 Å². The van der Waals surface area contributed by atoms with E-state index < -0.39 is 0 Å². The molecule has 2 aromatic heterocycles. The first kappa shape index (κ1) is 17.8. The number of likely N-dealkylation sites (tertiary alicyclic amines) is 2. The van der Waals surface area contributed by atoms with Crippen LogP contribution in [-0.2, 0) is 11.3 Å². The second-order valence-electron chi connectivity index (χ2n) is 8.03. The van der Waals surface area contributed by atoms with Crippen molar-refractivity contribution in [2.45, 2.75) is 39.2 Å². The normalized spacial score (nSPS) is 23.1. The average Bonchev–Trinajstić information content (AvgIpc) is 3.12. The van der Waals surface area contributed by atoms with E-state index in [1.807, 2.05) is 41.1 Å².